The SMILES string of the molecule is CCCN(C(=O)C1=Cc2sccc2N=C(N)C1)N(C)CC. The number of hydrogen-bond acceptors (Lipinski definition) is 5. The van der Waals surface area contributed by atoms with E-state index in [4.69, 9.17) is 5.73 Å². The van der Waals surface area contributed by atoms with Crippen molar-refractivity contribution in [1.82, 2.24) is 10.0 Å². The van der Waals surface area contributed by atoms with Crippen LogP contribution in [0.4, 0.5) is 5.69 Å². The number of thiophene rings is 1. The highest BCUT2D eigenvalue weighted by atomic mass is 32.1. The van der Waals surface area contributed by atoms with Crippen LogP contribution >= 0.6 is 11.3 Å². The summed E-state index contributed by atoms with van der Waals surface area (Å²) in [4.78, 5) is 18.2. The Morgan fingerprint density at radius 3 is 2.90 bits per heavy atom. The Morgan fingerprint density at radius 1 is 1.48 bits per heavy atom. The van der Waals surface area contributed by atoms with Gasteiger partial charge >= 0.3 is 0 Å². The average Bonchev–Trinajstić information content (AvgIpc) is 2.82. The molecule has 0 fully saturated rings. The van der Waals surface area contributed by atoms with Crippen molar-refractivity contribution in [2.75, 3.05) is 20.1 Å². The lowest BCUT2D eigenvalue weighted by Crippen LogP contribution is -2.45. The van der Waals surface area contributed by atoms with Gasteiger partial charge in [0.15, 0.2) is 0 Å². The van der Waals surface area contributed by atoms with E-state index in [1.54, 1.807) is 16.3 Å². The Morgan fingerprint density at radius 2 is 2.24 bits per heavy atom. The van der Waals surface area contributed by atoms with Crippen LogP contribution in [0, 0.1) is 0 Å². The van der Waals surface area contributed by atoms with Crippen molar-refractivity contribution in [3.05, 3.63) is 21.9 Å². The number of nitrogens with zero attached hydrogens (tertiary/aromatic N) is 3. The number of amidine groups is 1. The minimum atomic E-state index is 0.0144. The van der Waals surface area contributed by atoms with E-state index in [2.05, 4.69) is 11.9 Å². The monoisotopic (exact) mass is 306 g/mol. The van der Waals surface area contributed by atoms with Gasteiger partial charge in [0, 0.05) is 32.1 Å². The summed E-state index contributed by atoms with van der Waals surface area (Å²) >= 11 is 1.58. The minimum absolute atomic E-state index is 0.0144. The topological polar surface area (TPSA) is 61.9 Å². The van der Waals surface area contributed by atoms with Crippen molar-refractivity contribution in [2.24, 2.45) is 10.7 Å². The molecule has 0 atom stereocenters. The highest BCUT2D eigenvalue weighted by Crippen LogP contribution is 2.31. The molecule has 0 saturated heterocycles. The maximum atomic E-state index is 12.8. The maximum Gasteiger partial charge on any atom is 0.264 e. The first-order chi connectivity index (χ1) is 10.1. The van der Waals surface area contributed by atoms with Crippen molar-refractivity contribution in [3.63, 3.8) is 0 Å². The minimum Gasteiger partial charge on any atom is -0.387 e. The lowest BCUT2D eigenvalue weighted by Gasteiger charge is -2.31. The van der Waals surface area contributed by atoms with E-state index in [1.807, 2.05) is 36.5 Å². The highest BCUT2D eigenvalue weighted by Gasteiger charge is 2.23. The molecule has 1 aliphatic heterocycles. The number of fused-ring (bicyclic) bond motifs is 1. The van der Waals surface area contributed by atoms with E-state index < -0.39 is 0 Å². The number of nitrogens with two attached hydrogens (primary N) is 1. The van der Waals surface area contributed by atoms with Crippen LogP contribution in [0.2, 0.25) is 0 Å². The van der Waals surface area contributed by atoms with Crippen LogP contribution in [0.25, 0.3) is 6.08 Å². The van der Waals surface area contributed by atoms with E-state index >= 15 is 0 Å². The van der Waals surface area contributed by atoms with Gasteiger partial charge in [-0.2, -0.15) is 0 Å². The first-order valence-corrected chi connectivity index (χ1v) is 8.08. The van der Waals surface area contributed by atoms with Crippen molar-refractivity contribution < 1.29 is 4.79 Å². The molecule has 0 unspecified atom stereocenters. The zero-order chi connectivity index (χ0) is 15.4. The number of carbonyl (C=O) groups is 1. The fourth-order valence-electron chi connectivity index (χ4n) is 2.23. The quantitative estimate of drug-likeness (QED) is 0.851. The average molecular weight is 306 g/mol. The lowest BCUT2D eigenvalue weighted by atomic mass is 10.1. The zero-order valence-corrected chi connectivity index (χ0v) is 13.6. The molecule has 6 heteroatoms. The number of aliphatic imine (C=N–C) groups is 1. The molecule has 0 aliphatic carbocycles. The van der Waals surface area contributed by atoms with Crippen LogP contribution in [-0.2, 0) is 4.79 Å². The summed E-state index contributed by atoms with van der Waals surface area (Å²) in [5, 5.41) is 5.70. The summed E-state index contributed by atoms with van der Waals surface area (Å²) in [6, 6.07) is 1.93. The Balaban J connectivity index is 2.32. The number of carbonyl (C=O) groups excluding carboxylic acids is 1. The van der Waals surface area contributed by atoms with Crippen molar-refractivity contribution >= 4 is 34.8 Å². The zero-order valence-electron chi connectivity index (χ0n) is 12.8. The summed E-state index contributed by atoms with van der Waals surface area (Å²) in [5.74, 6) is 0.503. The van der Waals surface area contributed by atoms with Crippen LogP contribution in [0.1, 0.15) is 31.6 Å². The van der Waals surface area contributed by atoms with Gasteiger partial charge < -0.3 is 5.73 Å². The van der Waals surface area contributed by atoms with Gasteiger partial charge in [0.25, 0.3) is 5.91 Å². The molecule has 0 spiro atoms. The molecule has 1 aliphatic rings. The fraction of sp³-hybridized carbons (Fsp3) is 0.467. The molecule has 2 N–H and O–H groups in total. The van der Waals surface area contributed by atoms with Crippen LogP contribution in [-0.4, -0.2) is 41.9 Å². The summed E-state index contributed by atoms with van der Waals surface area (Å²) < 4.78 is 0. The van der Waals surface area contributed by atoms with Gasteiger partial charge in [-0.05, 0) is 23.9 Å². The van der Waals surface area contributed by atoms with Crippen LogP contribution in [0.3, 0.4) is 0 Å². The normalized spacial score (nSPS) is 14.3. The first-order valence-electron chi connectivity index (χ1n) is 7.20. The highest BCUT2D eigenvalue weighted by molar-refractivity contribution is 7.11. The predicted molar refractivity (Wildman–Crippen MR) is 88.5 cm³/mol. The second-order valence-electron chi connectivity index (χ2n) is 5.02. The third-order valence-corrected chi connectivity index (χ3v) is 4.28. The van der Waals surface area contributed by atoms with Gasteiger partial charge in [-0.3, -0.25) is 9.80 Å². The third-order valence-electron chi connectivity index (χ3n) is 3.43. The van der Waals surface area contributed by atoms with E-state index in [9.17, 15) is 4.79 Å². The molecular formula is C15H22N4OS. The van der Waals surface area contributed by atoms with Crippen LogP contribution < -0.4 is 5.73 Å². The van der Waals surface area contributed by atoms with Gasteiger partial charge in [-0.15, -0.1) is 11.3 Å². The van der Waals surface area contributed by atoms with E-state index in [-0.39, 0.29) is 5.91 Å². The Labute approximate surface area is 129 Å². The molecule has 2 heterocycles. The number of hydrogen-bond donors (Lipinski definition) is 1. The predicted octanol–water partition coefficient (Wildman–Crippen LogP) is 2.63. The first kappa shape index (κ1) is 15.7. The summed E-state index contributed by atoms with van der Waals surface area (Å²) in [6.07, 6.45) is 3.24. The largest absolute Gasteiger partial charge is 0.387 e. The molecule has 0 radical (unpaired) electrons. The smallest absolute Gasteiger partial charge is 0.264 e. The number of rotatable bonds is 5. The maximum absolute atomic E-state index is 12.8. The Bertz CT molecular complexity index is 576. The van der Waals surface area contributed by atoms with Crippen LogP contribution in [0.15, 0.2) is 22.0 Å². The lowest BCUT2D eigenvalue weighted by molar-refractivity contribution is -0.142. The second kappa shape index (κ2) is 6.87. The fourth-order valence-corrected chi connectivity index (χ4v) is 3.01. The van der Waals surface area contributed by atoms with E-state index in [0.717, 1.165) is 23.5 Å². The molecule has 5 nitrogen and oxygen atoms in total. The Kier molecular flexibility index (Phi) is 5.14. The van der Waals surface area contributed by atoms with Crippen molar-refractivity contribution in [3.8, 4) is 0 Å². The van der Waals surface area contributed by atoms with E-state index in [1.165, 1.54) is 0 Å². The molecule has 0 aromatic carbocycles. The Hall–Kier alpha value is -1.66. The molecule has 1 aromatic heterocycles. The van der Waals surface area contributed by atoms with Gasteiger partial charge in [0.2, 0.25) is 0 Å². The van der Waals surface area contributed by atoms with Crippen LogP contribution in [0.5, 0.6) is 0 Å². The third kappa shape index (κ3) is 3.51. The van der Waals surface area contributed by atoms with E-state index in [0.29, 0.717) is 24.4 Å². The van der Waals surface area contributed by atoms with Gasteiger partial charge in [-0.1, -0.05) is 13.8 Å². The standard InChI is InChI=1S/C15H22N4OS/c1-4-7-19(18(3)5-2)15(20)11-9-13-12(6-8-21-13)17-14(16)10-11/h6,8-9H,4-5,7,10H2,1-3H3,(H2,16,17). The molecule has 0 saturated carbocycles. The summed E-state index contributed by atoms with van der Waals surface area (Å²) in [7, 11) is 1.93. The van der Waals surface area contributed by atoms with Crippen molar-refractivity contribution in [2.45, 2.75) is 26.7 Å². The van der Waals surface area contributed by atoms with Gasteiger partial charge in [-0.25, -0.2) is 10.0 Å². The van der Waals surface area contributed by atoms with Gasteiger partial charge in [0.1, 0.15) is 5.84 Å². The summed E-state index contributed by atoms with van der Waals surface area (Å²) in [5.41, 5.74) is 7.50. The molecule has 1 aromatic rings. The molecule has 0 bridgehead atoms. The van der Waals surface area contributed by atoms with Gasteiger partial charge in [0.05, 0.1) is 10.6 Å². The number of amides is 1. The molecule has 21 heavy (non-hydrogen) atoms. The summed E-state index contributed by atoms with van der Waals surface area (Å²) in [6.45, 7) is 5.59. The molecular weight excluding hydrogens is 284 g/mol. The van der Waals surface area contributed by atoms with Crippen molar-refractivity contribution in [1.29, 1.82) is 0 Å². The second-order valence-corrected chi connectivity index (χ2v) is 5.97. The molecule has 114 valence electrons. The number of hydrazine groups is 1. The molecule has 2 rings (SSSR count). The molecule has 1 amide bonds.